The van der Waals surface area contributed by atoms with Gasteiger partial charge < -0.3 is 5.32 Å². The molecule has 2 aromatic heterocycles. The van der Waals surface area contributed by atoms with Crippen molar-refractivity contribution in [2.45, 2.75) is 32.7 Å². The molecule has 1 atom stereocenters. The highest BCUT2D eigenvalue weighted by Crippen LogP contribution is 2.17. The molecule has 0 bridgehead atoms. The highest BCUT2D eigenvalue weighted by atomic mass is 35.5. The van der Waals surface area contributed by atoms with Gasteiger partial charge in [-0.05, 0) is 25.8 Å². The van der Waals surface area contributed by atoms with Gasteiger partial charge in [0.05, 0.1) is 5.69 Å². The molecule has 0 saturated heterocycles. The molecule has 0 spiro atoms. The second kappa shape index (κ2) is 5.36. The van der Waals surface area contributed by atoms with Gasteiger partial charge in [0.2, 0.25) is 0 Å². The van der Waals surface area contributed by atoms with Crippen LogP contribution in [0.3, 0.4) is 0 Å². The Balaban J connectivity index is 2.28. The predicted octanol–water partition coefficient (Wildman–Crippen LogP) is 2.86. The molecule has 17 heavy (non-hydrogen) atoms. The van der Waals surface area contributed by atoms with E-state index in [-0.39, 0.29) is 0 Å². The van der Waals surface area contributed by atoms with Gasteiger partial charge in [0.25, 0.3) is 0 Å². The van der Waals surface area contributed by atoms with Crippen LogP contribution in [0.1, 0.15) is 25.5 Å². The Bertz CT molecular complexity index is 494. The van der Waals surface area contributed by atoms with Crippen molar-refractivity contribution >= 4 is 22.9 Å². The second-order valence-corrected chi connectivity index (χ2v) is 4.50. The average molecular weight is 253 g/mol. The van der Waals surface area contributed by atoms with Crippen LogP contribution in [-0.4, -0.2) is 26.5 Å². The number of aryl methyl sites for hydroxylation is 1. The third-order valence-corrected chi connectivity index (χ3v) is 3.02. The zero-order valence-corrected chi connectivity index (χ0v) is 10.9. The minimum Gasteiger partial charge on any atom is -0.366 e. The summed E-state index contributed by atoms with van der Waals surface area (Å²) in [6.07, 6.45) is 5.59. The molecular weight excluding hydrogens is 236 g/mol. The molecule has 92 valence electrons. The molecule has 0 aliphatic rings. The van der Waals surface area contributed by atoms with Crippen LogP contribution in [0.5, 0.6) is 0 Å². The maximum atomic E-state index is 5.79. The van der Waals surface area contributed by atoms with Crippen LogP contribution in [0.25, 0.3) is 5.52 Å². The lowest BCUT2D eigenvalue weighted by Crippen LogP contribution is -2.20. The van der Waals surface area contributed by atoms with Crippen molar-refractivity contribution in [1.29, 1.82) is 0 Å². The van der Waals surface area contributed by atoms with Crippen LogP contribution < -0.4 is 5.32 Å². The maximum Gasteiger partial charge on any atom is 0.152 e. The molecule has 0 saturated carbocycles. The lowest BCUT2D eigenvalue weighted by Gasteiger charge is -2.16. The molecule has 4 nitrogen and oxygen atoms in total. The standard InChI is InChI=1S/C12H17ClN4/c1-3-10(4-5-13)15-12-11-8-9(2)16-17(11)7-6-14-12/h6-8,10H,3-5H2,1-2H3,(H,14,15). The van der Waals surface area contributed by atoms with Gasteiger partial charge in [-0.3, -0.25) is 0 Å². The molecule has 0 aliphatic heterocycles. The minimum atomic E-state index is 0.362. The number of hydrogen-bond donors (Lipinski definition) is 1. The van der Waals surface area contributed by atoms with E-state index in [0.717, 1.165) is 29.9 Å². The molecule has 0 aliphatic carbocycles. The number of nitrogens with zero attached hydrogens (tertiary/aromatic N) is 3. The largest absolute Gasteiger partial charge is 0.366 e. The average Bonchev–Trinajstić information content (AvgIpc) is 2.70. The van der Waals surface area contributed by atoms with Crippen LogP contribution >= 0.6 is 11.6 Å². The third kappa shape index (κ3) is 2.69. The smallest absolute Gasteiger partial charge is 0.152 e. The van der Waals surface area contributed by atoms with Crippen molar-refractivity contribution in [3.63, 3.8) is 0 Å². The van der Waals surface area contributed by atoms with E-state index in [1.807, 2.05) is 23.7 Å². The topological polar surface area (TPSA) is 42.2 Å². The Kier molecular flexibility index (Phi) is 3.84. The molecule has 0 aromatic carbocycles. The van der Waals surface area contributed by atoms with Crippen molar-refractivity contribution < 1.29 is 0 Å². The predicted molar refractivity (Wildman–Crippen MR) is 70.8 cm³/mol. The van der Waals surface area contributed by atoms with Crippen LogP contribution in [0.2, 0.25) is 0 Å². The molecule has 0 amide bonds. The molecule has 1 unspecified atom stereocenters. The van der Waals surface area contributed by atoms with Crippen molar-refractivity contribution in [3.05, 3.63) is 24.2 Å². The minimum absolute atomic E-state index is 0.362. The van der Waals surface area contributed by atoms with E-state index < -0.39 is 0 Å². The first-order valence-corrected chi connectivity index (χ1v) is 6.41. The van der Waals surface area contributed by atoms with Crippen molar-refractivity contribution in [2.75, 3.05) is 11.2 Å². The van der Waals surface area contributed by atoms with Crippen LogP contribution in [0.4, 0.5) is 5.82 Å². The SMILES string of the molecule is CCC(CCCl)Nc1nccn2nc(C)cc12. The van der Waals surface area contributed by atoms with E-state index >= 15 is 0 Å². The first-order chi connectivity index (χ1) is 8.24. The molecule has 1 N–H and O–H groups in total. The van der Waals surface area contributed by atoms with E-state index in [0.29, 0.717) is 11.9 Å². The van der Waals surface area contributed by atoms with Crippen molar-refractivity contribution in [1.82, 2.24) is 14.6 Å². The van der Waals surface area contributed by atoms with Crippen LogP contribution in [0.15, 0.2) is 18.5 Å². The highest BCUT2D eigenvalue weighted by Gasteiger charge is 2.10. The normalized spacial score (nSPS) is 12.9. The summed E-state index contributed by atoms with van der Waals surface area (Å²) in [6.45, 7) is 4.12. The summed E-state index contributed by atoms with van der Waals surface area (Å²) < 4.78 is 1.85. The molecule has 2 rings (SSSR count). The van der Waals surface area contributed by atoms with E-state index in [1.165, 1.54) is 0 Å². The fourth-order valence-electron chi connectivity index (χ4n) is 1.86. The van der Waals surface area contributed by atoms with Gasteiger partial charge in [-0.2, -0.15) is 5.10 Å². The zero-order valence-electron chi connectivity index (χ0n) is 10.2. The number of nitrogens with one attached hydrogen (secondary N) is 1. The number of halogens is 1. The molecule has 5 heteroatoms. The van der Waals surface area contributed by atoms with Gasteiger partial charge in [-0.25, -0.2) is 9.50 Å². The first kappa shape index (κ1) is 12.2. The van der Waals surface area contributed by atoms with Gasteiger partial charge in [-0.15, -0.1) is 11.6 Å². The Morgan fingerprint density at radius 2 is 2.35 bits per heavy atom. The second-order valence-electron chi connectivity index (χ2n) is 4.12. The quantitative estimate of drug-likeness (QED) is 0.832. The Labute approximate surface area is 106 Å². The lowest BCUT2D eigenvalue weighted by molar-refractivity contribution is 0.672. The van der Waals surface area contributed by atoms with Crippen LogP contribution in [0, 0.1) is 6.92 Å². The molecule has 0 radical (unpaired) electrons. The molecule has 2 aromatic rings. The fourth-order valence-corrected chi connectivity index (χ4v) is 2.12. The summed E-state index contributed by atoms with van der Waals surface area (Å²) in [7, 11) is 0. The third-order valence-electron chi connectivity index (χ3n) is 2.80. The van der Waals surface area contributed by atoms with Crippen molar-refractivity contribution in [3.8, 4) is 0 Å². The number of alkyl halides is 1. The fraction of sp³-hybridized carbons (Fsp3) is 0.500. The molecular formula is C12H17ClN4. The van der Waals surface area contributed by atoms with E-state index in [1.54, 1.807) is 6.20 Å². The van der Waals surface area contributed by atoms with Gasteiger partial charge in [0.15, 0.2) is 5.82 Å². The zero-order chi connectivity index (χ0) is 12.3. The Morgan fingerprint density at radius 3 is 3.06 bits per heavy atom. The van der Waals surface area contributed by atoms with E-state index in [2.05, 4.69) is 22.3 Å². The van der Waals surface area contributed by atoms with Gasteiger partial charge in [-0.1, -0.05) is 6.92 Å². The maximum absolute atomic E-state index is 5.79. The molecule has 2 heterocycles. The number of aromatic nitrogens is 3. The number of rotatable bonds is 5. The summed E-state index contributed by atoms with van der Waals surface area (Å²) in [5.74, 6) is 1.54. The van der Waals surface area contributed by atoms with Crippen LogP contribution in [-0.2, 0) is 0 Å². The number of fused-ring (bicyclic) bond motifs is 1. The molecule has 0 fully saturated rings. The van der Waals surface area contributed by atoms with E-state index in [9.17, 15) is 0 Å². The summed E-state index contributed by atoms with van der Waals surface area (Å²) in [4.78, 5) is 4.38. The summed E-state index contributed by atoms with van der Waals surface area (Å²) in [5.41, 5.74) is 2.00. The summed E-state index contributed by atoms with van der Waals surface area (Å²) in [5, 5.41) is 7.79. The highest BCUT2D eigenvalue weighted by molar-refractivity contribution is 6.17. The summed E-state index contributed by atoms with van der Waals surface area (Å²) >= 11 is 5.79. The Morgan fingerprint density at radius 1 is 1.53 bits per heavy atom. The lowest BCUT2D eigenvalue weighted by atomic mass is 10.2. The van der Waals surface area contributed by atoms with Gasteiger partial charge in [0, 0.05) is 24.3 Å². The van der Waals surface area contributed by atoms with Crippen molar-refractivity contribution in [2.24, 2.45) is 0 Å². The first-order valence-electron chi connectivity index (χ1n) is 5.88. The number of hydrogen-bond acceptors (Lipinski definition) is 3. The van der Waals surface area contributed by atoms with E-state index in [4.69, 9.17) is 11.6 Å². The summed E-state index contributed by atoms with van der Waals surface area (Å²) in [6, 6.07) is 2.39. The monoisotopic (exact) mass is 252 g/mol. The Hall–Kier alpha value is -1.29. The van der Waals surface area contributed by atoms with Gasteiger partial charge >= 0.3 is 0 Å². The number of anilines is 1. The van der Waals surface area contributed by atoms with Gasteiger partial charge in [0.1, 0.15) is 5.52 Å².